The van der Waals surface area contributed by atoms with Gasteiger partial charge < -0.3 is 4.98 Å². The highest BCUT2D eigenvalue weighted by atomic mass is 15.3. The Balaban J connectivity index is 1.89. The minimum absolute atomic E-state index is 0.694. The first-order valence-corrected chi connectivity index (χ1v) is 8.36. The van der Waals surface area contributed by atoms with Crippen LogP contribution in [0.5, 0.6) is 0 Å². The van der Waals surface area contributed by atoms with Crippen molar-refractivity contribution in [2.45, 2.75) is 0 Å². The van der Waals surface area contributed by atoms with E-state index in [4.69, 9.17) is 4.98 Å². The minimum atomic E-state index is 0.694. The molecule has 8 heteroatoms. The fourth-order valence-electron chi connectivity index (χ4n) is 3.16. The number of H-pyrrole nitrogens is 3. The summed E-state index contributed by atoms with van der Waals surface area (Å²) in [7, 11) is 0. The summed E-state index contributed by atoms with van der Waals surface area (Å²) >= 11 is 0. The number of benzene rings is 1. The van der Waals surface area contributed by atoms with Crippen molar-refractivity contribution in [1.29, 1.82) is 0 Å². The Hall–Kier alpha value is -4.07. The molecule has 0 amide bonds. The summed E-state index contributed by atoms with van der Waals surface area (Å²) in [6.45, 7) is 0. The molecular weight excluding hydrogens is 340 g/mol. The molecule has 8 nitrogen and oxygen atoms in total. The van der Waals surface area contributed by atoms with Gasteiger partial charge in [-0.15, -0.1) is 0 Å². The zero-order valence-electron chi connectivity index (χ0n) is 14.1. The molecule has 0 aliphatic carbocycles. The van der Waals surface area contributed by atoms with Crippen LogP contribution >= 0.6 is 0 Å². The van der Waals surface area contributed by atoms with E-state index in [0.29, 0.717) is 5.69 Å². The number of rotatable bonds is 4. The van der Waals surface area contributed by atoms with E-state index in [-0.39, 0.29) is 0 Å². The highest BCUT2D eigenvalue weighted by Gasteiger charge is 2.23. The lowest BCUT2D eigenvalue weighted by molar-refractivity contribution is 0.942. The van der Waals surface area contributed by atoms with E-state index in [2.05, 4.69) is 35.6 Å². The number of hydrogen-bond acceptors (Lipinski definition) is 5. The molecule has 0 bridgehead atoms. The van der Waals surface area contributed by atoms with Crippen molar-refractivity contribution < 1.29 is 0 Å². The number of hydrogen-bond donors (Lipinski definition) is 3. The lowest BCUT2D eigenvalue weighted by Crippen LogP contribution is -1.98. The fraction of sp³-hybridized carbons (Fsp3) is 0. The summed E-state index contributed by atoms with van der Waals surface area (Å²) in [5.41, 5.74) is 5.95. The van der Waals surface area contributed by atoms with Gasteiger partial charge in [-0.25, -0.2) is 4.98 Å². The highest BCUT2D eigenvalue weighted by molar-refractivity contribution is 5.96. The van der Waals surface area contributed by atoms with Gasteiger partial charge in [0.25, 0.3) is 0 Å². The van der Waals surface area contributed by atoms with Crippen molar-refractivity contribution in [2.24, 2.45) is 0 Å². The van der Waals surface area contributed by atoms with E-state index >= 15 is 0 Å². The first-order valence-electron chi connectivity index (χ1n) is 8.36. The van der Waals surface area contributed by atoms with Crippen LogP contribution in [0.3, 0.4) is 0 Å². The second-order valence-electron chi connectivity index (χ2n) is 5.90. The summed E-state index contributed by atoms with van der Waals surface area (Å²) in [4.78, 5) is 12.3. The van der Waals surface area contributed by atoms with E-state index < -0.39 is 0 Å². The quantitative estimate of drug-likeness (QED) is 0.458. The summed E-state index contributed by atoms with van der Waals surface area (Å²) in [6, 6.07) is 11.9. The van der Waals surface area contributed by atoms with Crippen LogP contribution in [-0.2, 0) is 0 Å². The molecule has 0 spiro atoms. The number of imidazole rings is 1. The van der Waals surface area contributed by atoms with Crippen LogP contribution in [0.4, 0.5) is 0 Å². The Morgan fingerprint density at radius 1 is 0.815 bits per heavy atom. The predicted octanol–water partition coefficient (Wildman–Crippen LogP) is 3.31. The fourth-order valence-corrected chi connectivity index (χ4v) is 3.16. The number of pyridine rings is 1. The Kier molecular flexibility index (Phi) is 3.57. The van der Waals surface area contributed by atoms with Crippen molar-refractivity contribution in [1.82, 2.24) is 40.6 Å². The van der Waals surface area contributed by atoms with Crippen LogP contribution in [-0.4, -0.2) is 40.6 Å². The Labute approximate surface area is 153 Å². The molecule has 130 valence electrons. The van der Waals surface area contributed by atoms with Gasteiger partial charge in [0.15, 0.2) is 0 Å². The maximum atomic E-state index is 4.76. The Morgan fingerprint density at radius 2 is 1.74 bits per heavy atom. The summed E-state index contributed by atoms with van der Waals surface area (Å²) in [5.74, 6) is 0.719. The molecule has 3 N–H and O–H groups in total. The molecule has 27 heavy (non-hydrogen) atoms. The van der Waals surface area contributed by atoms with Crippen LogP contribution < -0.4 is 0 Å². The van der Waals surface area contributed by atoms with Crippen molar-refractivity contribution in [3.63, 3.8) is 0 Å². The molecule has 5 aromatic rings. The highest BCUT2D eigenvalue weighted by Crippen LogP contribution is 2.41. The van der Waals surface area contributed by atoms with Crippen molar-refractivity contribution in [3.8, 4) is 45.2 Å². The van der Waals surface area contributed by atoms with Crippen LogP contribution in [0.2, 0.25) is 0 Å². The molecule has 0 radical (unpaired) electrons. The summed E-state index contributed by atoms with van der Waals surface area (Å²) in [6.07, 6.45) is 8.73. The number of aromatic amines is 3. The van der Waals surface area contributed by atoms with E-state index in [1.807, 2.05) is 42.6 Å². The van der Waals surface area contributed by atoms with Crippen molar-refractivity contribution in [3.05, 3.63) is 67.4 Å². The average Bonchev–Trinajstić information content (AvgIpc) is 3.51. The van der Waals surface area contributed by atoms with Crippen LogP contribution in [0.15, 0.2) is 67.4 Å². The first kappa shape index (κ1) is 15.2. The van der Waals surface area contributed by atoms with Crippen LogP contribution in [0.25, 0.3) is 45.2 Å². The summed E-state index contributed by atoms with van der Waals surface area (Å²) in [5, 5.41) is 18.2. The van der Waals surface area contributed by atoms with E-state index in [9.17, 15) is 0 Å². The third kappa shape index (κ3) is 2.60. The zero-order valence-corrected chi connectivity index (χ0v) is 14.1. The maximum absolute atomic E-state index is 4.76. The number of nitrogens with one attached hydrogen (secondary N) is 3. The molecule has 5 rings (SSSR count). The second-order valence-corrected chi connectivity index (χ2v) is 5.90. The number of nitrogens with zero attached hydrogens (tertiary/aromatic N) is 5. The van der Waals surface area contributed by atoms with Gasteiger partial charge in [-0.2, -0.15) is 20.5 Å². The lowest BCUT2D eigenvalue weighted by atomic mass is 9.93. The molecule has 0 unspecified atom stereocenters. The van der Waals surface area contributed by atoms with Gasteiger partial charge in [0.2, 0.25) is 0 Å². The molecule has 4 heterocycles. The topological polar surface area (TPSA) is 112 Å². The van der Waals surface area contributed by atoms with Gasteiger partial charge >= 0.3 is 0 Å². The van der Waals surface area contributed by atoms with Gasteiger partial charge in [-0.3, -0.25) is 10.1 Å². The van der Waals surface area contributed by atoms with E-state index in [1.54, 1.807) is 24.8 Å². The minimum Gasteiger partial charge on any atom is -0.345 e. The van der Waals surface area contributed by atoms with Gasteiger partial charge in [0, 0.05) is 47.0 Å². The largest absolute Gasteiger partial charge is 0.345 e. The van der Waals surface area contributed by atoms with Crippen molar-refractivity contribution >= 4 is 0 Å². The molecule has 0 saturated heterocycles. The first-order chi connectivity index (χ1) is 13.4. The Morgan fingerprint density at radius 3 is 2.44 bits per heavy atom. The maximum Gasteiger partial charge on any atom is 0.139 e. The van der Waals surface area contributed by atoms with Gasteiger partial charge in [0.05, 0.1) is 17.6 Å². The number of aromatic nitrogens is 8. The molecule has 0 aliphatic heterocycles. The molecule has 4 aromatic heterocycles. The smallest absolute Gasteiger partial charge is 0.139 e. The molecule has 0 atom stereocenters. The Bertz CT molecular complexity index is 1140. The second kappa shape index (κ2) is 6.34. The standard InChI is InChI=1S/C19H14N8/c1-2-4-12(5-3-1)18-17(15-11-24-27-26-15)16(14-6-7-23-25-14)13(10-22-18)19-20-8-9-21-19/h1-11H,(H,20,21)(H,23,25)(H,24,26,27). The average molecular weight is 354 g/mol. The SMILES string of the molecule is c1ccc(-c2ncc(-c3ncc[nH]3)c(-c3ccn[nH]3)c2-c2cn[nH]n2)cc1. The third-order valence-corrected chi connectivity index (χ3v) is 4.32. The monoisotopic (exact) mass is 354 g/mol. The van der Waals surface area contributed by atoms with Crippen molar-refractivity contribution in [2.75, 3.05) is 0 Å². The van der Waals surface area contributed by atoms with Crippen LogP contribution in [0.1, 0.15) is 0 Å². The summed E-state index contributed by atoms with van der Waals surface area (Å²) < 4.78 is 0. The van der Waals surface area contributed by atoms with Gasteiger partial charge in [-0.1, -0.05) is 30.3 Å². The third-order valence-electron chi connectivity index (χ3n) is 4.32. The van der Waals surface area contributed by atoms with Gasteiger partial charge in [-0.05, 0) is 6.07 Å². The predicted molar refractivity (Wildman–Crippen MR) is 100 cm³/mol. The molecular formula is C19H14N8. The molecule has 0 saturated carbocycles. The zero-order chi connectivity index (χ0) is 18.1. The molecule has 0 aliphatic rings. The van der Waals surface area contributed by atoms with Crippen LogP contribution in [0, 0.1) is 0 Å². The molecule has 1 aromatic carbocycles. The van der Waals surface area contributed by atoms with Gasteiger partial charge in [0.1, 0.15) is 11.5 Å². The van der Waals surface area contributed by atoms with E-state index in [0.717, 1.165) is 39.5 Å². The van der Waals surface area contributed by atoms with E-state index in [1.165, 1.54) is 0 Å². The molecule has 0 fully saturated rings. The normalized spacial score (nSPS) is 11.0. The lowest BCUT2D eigenvalue weighted by Gasteiger charge is -2.15.